The summed E-state index contributed by atoms with van der Waals surface area (Å²) >= 11 is 0. The van der Waals surface area contributed by atoms with Gasteiger partial charge in [-0.3, -0.25) is 4.79 Å². The van der Waals surface area contributed by atoms with E-state index >= 15 is 0 Å². The Hall–Kier alpha value is -1.90. The standard InChI is InChI=1S/C16H21N3O2/c1-2-7-19(16(20)14-10-21-11-15(14)18)9-13-5-3-12(8-17)4-6-13/h3-6,14-15H,2,7,9-11,18H2,1H3. The SMILES string of the molecule is CCCN(Cc1ccc(C#N)cc1)C(=O)C1COCC1N. The molecule has 1 saturated heterocycles. The zero-order chi connectivity index (χ0) is 15.2. The monoisotopic (exact) mass is 287 g/mol. The third kappa shape index (κ3) is 3.81. The zero-order valence-electron chi connectivity index (χ0n) is 12.3. The summed E-state index contributed by atoms with van der Waals surface area (Å²) < 4.78 is 5.29. The van der Waals surface area contributed by atoms with Gasteiger partial charge in [0, 0.05) is 19.1 Å². The van der Waals surface area contributed by atoms with E-state index in [0.29, 0.717) is 31.9 Å². The first-order valence-corrected chi connectivity index (χ1v) is 7.27. The van der Waals surface area contributed by atoms with Crippen molar-refractivity contribution in [2.45, 2.75) is 25.9 Å². The predicted octanol–water partition coefficient (Wildman–Crippen LogP) is 1.27. The number of hydrogen-bond acceptors (Lipinski definition) is 4. The number of nitriles is 1. The highest BCUT2D eigenvalue weighted by Crippen LogP contribution is 2.17. The molecule has 1 aliphatic heterocycles. The first-order valence-electron chi connectivity index (χ1n) is 7.27. The number of benzene rings is 1. The van der Waals surface area contributed by atoms with Crippen LogP contribution >= 0.6 is 0 Å². The van der Waals surface area contributed by atoms with Gasteiger partial charge in [-0.25, -0.2) is 0 Å². The van der Waals surface area contributed by atoms with Crippen molar-refractivity contribution in [2.24, 2.45) is 11.7 Å². The lowest BCUT2D eigenvalue weighted by Crippen LogP contribution is -2.43. The summed E-state index contributed by atoms with van der Waals surface area (Å²) in [5, 5.41) is 8.81. The second-order valence-corrected chi connectivity index (χ2v) is 5.38. The summed E-state index contributed by atoms with van der Waals surface area (Å²) in [6.07, 6.45) is 0.894. The number of nitrogens with zero attached hydrogens (tertiary/aromatic N) is 2. The van der Waals surface area contributed by atoms with E-state index in [1.54, 1.807) is 12.1 Å². The van der Waals surface area contributed by atoms with Crippen molar-refractivity contribution in [1.82, 2.24) is 4.90 Å². The van der Waals surface area contributed by atoms with Crippen LogP contribution in [0.2, 0.25) is 0 Å². The third-order valence-corrected chi connectivity index (χ3v) is 3.70. The van der Waals surface area contributed by atoms with Crippen molar-refractivity contribution in [3.8, 4) is 6.07 Å². The molecule has 2 rings (SSSR count). The number of nitrogens with two attached hydrogens (primary N) is 1. The summed E-state index contributed by atoms with van der Waals surface area (Å²) in [5.41, 5.74) is 7.58. The molecule has 1 aliphatic rings. The Morgan fingerprint density at radius 1 is 1.43 bits per heavy atom. The lowest BCUT2D eigenvalue weighted by molar-refractivity contribution is -0.136. The topological polar surface area (TPSA) is 79.3 Å². The van der Waals surface area contributed by atoms with Gasteiger partial charge in [-0.1, -0.05) is 19.1 Å². The van der Waals surface area contributed by atoms with Gasteiger partial charge >= 0.3 is 0 Å². The van der Waals surface area contributed by atoms with Crippen molar-refractivity contribution >= 4 is 5.91 Å². The molecule has 1 amide bonds. The van der Waals surface area contributed by atoms with Gasteiger partial charge in [0.1, 0.15) is 0 Å². The molecule has 0 radical (unpaired) electrons. The number of ether oxygens (including phenoxy) is 1. The van der Waals surface area contributed by atoms with Crippen LogP contribution in [0.3, 0.4) is 0 Å². The molecule has 0 aromatic heterocycles. The van der Waals surface area contributed by atoms with Gasteiger partial charge in [-0.2, -0.15) is 5.26 Å². The molecule has 0 spiro atoms. The van der Waals surface area contributed by atoms with Gasteiger partial charge in [-0.15, -0.1) is 0 Å². The molecule has 2 atom stereocenters. The number of amides is 1. The fourth-order valence-electron chi connectivity index (χ4n) is 2.50. The highest BCUT2D eigenvalue weighted by atomic mass is 16.5. The number of rotatable bonds is 5. The van der Waals surface area contributed by atoms with E-state index in [1.165, 1.54) is 0 Å². The minimum atomic E-state index is -0.241. The maximum atomic E-state index is 12.6. The highest BCUT2D eigenvalue weighted by Gasteiger charge is 2.34. The summed E-state index contributed by atoms with van der Waals surface area (Å²) in [5.74, 6) is -0.179. The van der Waals surface area contributed by atoms with Crippen LogP contribution in [0.25, 0.3) is 0 Å². The average Bonchev–Trinajstić information content (AvgIpc) is 2.93. The molecular formula is C16H21N3O2. The minimum absolute atomic E-state index is 0.0613. The lowest BCUT2D eigenvalue weighted by Gasteiger charge is -2.26. The molecule has 0 bridgehead atoms. The molecule has 1 heterocycles. The van der Waals surface area contributed by atoms with E-state index in [1.807, 2.05) is 24.0 Å². The van der Waals surface area contributed by atoms with Crippen LogP contribution in [-0.2, 0) is 16.1 Å². The molecule has 1 aromatic rings. The highest BCUT2D eigenvalue weighted by molar-refractivity contribution is 5.80. The fraction of sp³-hybridized carbons (Fsp3) is 0.500. The van der Waals surface area contributed by atoms with Crippen molar-refractivity contribution < 1.29 is 9.53 Å². The van der Waals surface area contributed by atoms with Crippen molar-refractivity contribution in [1.29, 1.82) is 5.26 Å². The van der Waals surface area contributed by atoms with Gasteiger partial charge in [0.25, 0.3) is 0 Å². The van der Waals surface area contributed by atoms with E-state index in [2.05, 4.69) is 6.07 Å². The number of carbonyl (C=O) groups excluding carboxylic acids is 1. The van der Waals surface area contributed by atoms with E-state index in [9.17, 15) is 4.79 Å². The molecule has 0 saturated carbocycles. The van der Waals surface area contributed by atoms with Crippen molar-refractivity contribution in [3.63, 3.8) is 0 Å². The van der Waals surface area contributed by atoms with Crippen LogP contribution in [-0.4, -0.2) is 36.6 Å². The summed E-state index contributed by atoms with van der Waals surface area (Å²) in [6.45, 7) is 4.15. The Kier molecular flexibility index (Phi) is 5.32. The summed E-state index contributed by atoms with van der Waals surface area (Å²) in [4.78, 5) is 14.4. The molecule has 112 valence electrons. The molecule has 2 N–H and O–H groups in total. The van der Waals surface area contributed by atoms with Crippen LogP contribution < -0.4 is 5.73 Å². The molecule has 1 aromatic carbocycles. The quantitative estimate of drug-likeness (QED) is 0.884. The third-order valence-electron chi connectivity index (χ3n) is 3.70. The van der Waals surface area contributed by atoms with Crippen molar-refractivity contribution in [3.05, 3.63) is 35.4 Å². The van der Waals surface area contributed by atoms with Crippen molar-refractivity contribution in [2.75, 3.05) is 19.8 Å². The second kappa shape index (κ2) is 7.21. The Balaban J connectivity index is 2.07. The van der Waals surface area contributed by atoms with Crippen LogP contribution in [0.5, 0.6) is 0 Å². The molecular weight excluding hydrogens is 266 g/mol. The van der Waals surface area contributed by atoms with Gasteiger partial charge < -0.3 is 15.4 Å². The fourth-order valence-corrected chi connectivity index (χ4v) is 2.50. The van der Waals surface area contributed by atoms with Crippen LogP contribution in [0.1, 0.15) is 24.5 Å². The predicted molar refractivity (Wildman–Crippen MR) is 79.1 cm³/mol. The normalized spacial score (nSPS) is 21.0. The van der Waals surface area contributed by atoms with Crippen LogP contribution in [0.4, 0.5) is 0 Å². The van der Waals surface area contributed by atoms with Gasteiger partial charge in [0.2, 0.25) is 5.91 Å². The molecule has 1 fully saturated rings. The van der Waals surface area contributed by atoms with Crippen LogP contribution in [0, 0.1) is 17.2 Å². The zero-order valence-corrected chi connectivity index (χ0v) is 12.3. The minimum Gasteiger partial charge on any atom is -0.379 e. The molecule has 21 heavy (non-hydrogen) atoms. The molecule has 5 heteroatoms. The molecule has 0 aliphatic carbocycles. The largest absolute Gasteiger partial charge is 0.379 e. The summed E-state index contributed by atoms with van der Waals surface area (Å²) in [7, 11) is 0. The molecule has 2 unspecified atom stereocenters. The van der Waals surface area contributed by atoms with Crippen LogP contribution in [0.15, 0.2) is 24.3 Å². The van der Waals surface area contributed by atoms with Gasteiger partial charge in [0.05, 0.1) is 30.8 Å². The second-order valence-electron chi connectivity index (χ2n) is 5.38. The maximum absolute atomic E-state index is 12.6. The van der Waals surface area contributed by atoms with E-state index in [0.717, 1.165) is 12.0 Å². The van der Waals surface area contributed by atoms with E-state index in [4.69, 9.17) is 15.7 Å². The Labute approximate surface area is 125 Å². The number of carbonyl (C=O) groups is 1. The summed E-state index contributed by atoms with van der Waals surface area (Å²) in [6, 6.07) is 9.20. The smallest absolute Gasteiger partial charge is 0.229 e. The van der Waals surface area contributed by atoms with E-state index < -0.39 is 0 Å². The van der Waals surface area contributed by atoms with Gasteiger partial charge in [-0.05, 0) is 24.1 Å². The average molecular weight is 287 g/mol. The van der Waals surface area contributed by atoms with Gasteiger partial charge in [0.15, 0.2) is 0 Å². The first-order chi connectivity index (χ1) is 10.2. The maximum Gasteiger partial charge on any atom is 0.229 e. The lowest BCUT2D eigenvalue weighted by atomic mass is 10.0. The molecule has 5 nitrogen and oxygen atoms in total. The number of hydrogen-bond donors (Lipinski definition) is 1. The Morgan fingerprint density at radius 3 is 2.67 bits per heavy atom. The Morgan fingerprint density at radius 2 is 2.14 bits per heavy atom. The van der Waals surface area contributed by atoms with E-state index in [-0.39, 0.29) is 17.9 Å². The Bertz CT molecular complexity index is 521. The first kappa shape index (κ1) is 15.5.